The number of ether oxygens (including phenoxy) is 1. The predicted octanol–water partition coefficient (Wildman–Crippen LogP) is 1.85. The fourth-order valence-corrected chi connectivity index (χ4v) is 4.45. The lowest BCUT2D eigenvalue weighted by Gasteiger charge is -2.31. The van der Waals surface area contributed by atoms with Crippen LogP contribution in [0.4, 0.5) is 0 Å². The van der Waals surface area contributed by atoms with E-state index in [1.807, 2.05) is 23.1 Å². The van der Waals surface area contributed by atoms with Crippen molar-refractivity contribution in [3.05, 3.63) is 59.7 Å². The number of amides is 1. The third-order valence-corrected chi connectivity index (χ3v) is 5.64. The Morgan fingerprint density at radius 2 is 1.86 bits per heavy atom. The topological polar surface area (TPSA) is 94.1 Å². The molecule has 0 aliphatic carbocycles. The molecule has 4 unspecified atom stereocenters. The second-order valence-electron chi connectivity index (χ2n) is 7.30. The number of nitrogens with one attached hydrogen (secondary N) is 2. The summed E-state index contributed by atoms with van der Waals surface area (Å²) < 4.78 is 5.16. The van der Waals surface area contributed by atoms with Gasteiger partial charge in [-0.15, -0.1) is 0 Å². The molecule has 4 N–H and O–H groups in total. The summed E-state index contributed by atoms with van der Waals surface area (Å²) in [7, 11) is 1.65. The van der Waals surface area contributed by atoms with Crippen molar-refractivity contribution in [1.82, 2.24) is 15.8 Å². The fourth-order valence-electron chi connectivity index (χ4n) is 4.45. The number of likely N-dealkylation sites (tertiary alicyclic amines) is 1. The van der Waals surface area contributed by atoms with Crippen molar-refractivity contribution in [2.24, 2.45) is 5.92 Å². The molecule has 2 aliphatic rings. The van der Waals surface area contributed by atoms with Crippen molar-refractivity contribution in [2.45, 2.75) is 24.5 Å². The molecule has 0 aromatic heterocycles. The number of para-hydroxylation sites is 1. The number of hydrazine groups is 1. The highest BCUT2D eigenvalue weighted by atomic mass is 16.5. The van der Waals surface area contributed by atoms with Gasteiger partial charge in [0.15, 0.2) is 0 Å². The molecular weight excluding hydrogens is 358 g/mol. The van der Waals surface area contributed by atoms with Gasteiger partial charge in [-0.25, -0.2) is 10.9 Å². The van der Waals surface area contributed by atoms with E-state index in [4.69, 9.17) is 4.74 Å². The van der Waals surface area contributed by atoms with Gasteiger partial charge in [-0.3, -0.25) is 4.79 Å². The second kappa shape index (κ2) is 7.79. The standard InChI is InChI=1S/C21H25N3O4/c1-28-11-5-10-24-20(13-6-4-7-14(25)12-13)17-18(22-23-19(17)21(24)27)15-8-2-3-9-16(15)26/h2-4,6-9,12,17-20,22-23,25-26H,5,10-11H2,1H3. The van der Waals surface area contributed by atoms with Crippen LogP contribution in [0.3, 0.4) is 0 Å². The number of nitrogens with zero attached hydrogens (tertiary/aromatic N) is 1. The molecule has 2 aliphatic heterocycles. The number of fused-ring (bicyclic) bond motifs is 1. The Kier molecular flexibility index (Phi) is 5.21. The van der Waals surface area contributed by atoms with Gasteiger partial charge in [0.2, 0.25) is 5.91 Å². The van der Waals surface area contributed by atoms with Crippen LogP contribution in [-0.4, -0.2) is 47.3 Å². The summed E-state index contributed by atoms with van der Waals surface area (Å²) in [5, 5.41) is 20.4. The Labute approximate surface area is 163 Å². The van der Waals surface area contributed by atoms with Crippen LogP contribution in [0, 0.1) is 5.92 Å². The van der Waals surface area contributed by atoms with Crippen LogP contribution in [-0.2, 0) is 9.53 Å². The first-order valence-electron chi connectivity index (χ1n) is 9.49. The van der Waals surface area contributed by atoms with E-state index in [1.165, 1.54) is 0 Å². The number of carbonyl (C=O) groups is 1. The summed E-state index contributed by atoms with van der Waals surface area (Å²) in [5.74, 6) is 0.246. The van der Waals surface area contributed by atoms with Gasteiger partial charge in [0.05, 0.1) is 12.1 Å². The minimum atomic E-state index is -0.403. The average Bonchev–Trinajstić information content (AvgIpc) is 3.22. The maximum absolute atomic E-state index is 13.2. The minimum absolute atomic E-state index is 0.0138. The maximum Gasteiger partial charge on any atom is 0.242 e. The number of carbonyl (C=O) groups excluding carboxylic acids is 1. The molecule has 1 amide bonds. The Balaban J connectivity index is 1.74. The zero-order valence-electron chi connectivity index (χ0n) is 15.7. The van der Waals surface area contributed by atoms with E-state index < -0.39 is 6.04 Å². The molecule has 148 valence electrons. The molecule has 0 bridgehead atoms. The van der Waals surface area contributed by atoms with E-state index in [2.05, 4.69) is 10.9 Å². The molecule has 28 heavy (non-hydrogen) atoms. The number of phenolic OH excluding ortho intramolecular Hbond substituents is 2. The van der Waals surface area contributed by atoms with Crippen molar-refractivity contribution in [1.29, 1.82) is 0 Å². The summed E-state index contributed by atoms with van der Waals surface area (Å²) in [6.07, 6.45) is 0.728. The molecule has 2 fully saturated rings. The van der Waals surface area contributed by atoms with Crippen molar-refractivity contribution < 1.29 is 19.7 Å². The first-order valence-corrected chi connectivity index (χ1v) is 9.49. The van der Waals surface area contributed by atoms with E-state index in [0.29, 0.717) is 13.2 Å². The van der Waals surface area contributed by atoms with Crippen LogP contribution in [0.25, 0.3) is 0 Å². The Hall–Kier alpha value is -2.61. The molecule has 4 rings (SSSR count). The Morgan fingerprint density at radius 3 is 2.61 bits per heavy atom. The zero-order valence-corrected chi connectivity index (χ0v) is 15.7. The third-order valence-electron chi connectivity index (χ3n) is 5.64. The lowest BCUT2D eigenvalue weighted by Crippen LogP contribution is -2.41. The van der Waals surface area contributed by atoms with Gasteiger partial charge in [-0.05, 0) is 30.2 Å². The lowest BCUT2D eigenvalue weighted by atomic mass is 9.83. The van der Waals surface area contributed by atoms with Crippen LogP contribution in [0.2, 0.25) is 0 Å². The molecule has 2 saturated heterocycles. The van der Waals surface area contributed by atoms with Crippen molar-refractivity contribution >= 4 is 5.91 Å². The maximum atomic E-state index is 13.2. The highest BCUT2D eigenvalue weighted by Crippen LogP contribution is 2.48. The SMILES string of the molecule is COCCCN1C(=O)C2NNC(c3ccccc3O)C2C1c1cccc(O)c1. The highest BCUT2D eigenvalue weighted by Gasteiger charge is 2.55. The van der Waals surface area contributed by atoms with E-state index in [-0.39, 0.29) is 35.4 Å². The summed E-state index contributed by atoms with van der Waals surface area (Å²) in [6, 6.07) is 13.4. The van der Waals surface area contributed by atoms with E-state index in [0.717, 1.165) is 17.5 Å². The number of hydrogen-bond donors (Lipinski definition) is 4. The lowest BCUT2D eigenvalue weighted by molar-refractivity contribution is -0.131. The number of phenols is 2. The molecule has 0 spiro atoms. The van der Waals surface area contributed by atoms with Gasteiger partial charge < -0.3 is 19.8 Å². The fraction of sp³-hybridized carbons (Fsp3) is 0.381. The van der Waals surface area contributed by atoms with Gasteiger partial charge in [0.25, 0.3) is 0 Å². The molecule has 7 heteroatoms. The normalized spacial score (nSPS) is 26.6. The van der Waals surface area contributed by atoms with Crippen LogP contribution < -0.4 is 10.9 Å². The Bertz CT molecular complexity index is 859. The average molecular weight is 383 g/mol. The molecule has 0 radical (unpaired) electrons. The summed E-state index contributed by atoms with van der Waals surface area (Å²) in [4.78, 5) is 15.0. The highest BCUT2D eigenvalue weighted by molar-refractivity contribution is 5.86. The number of hydrogen-bond acceptors (Lipinski definition) is 6. The smallest absolute Gasteiger partial charge is 0.242 e. The van der Waals surface area contributed by atoms with Gasteiger partial charge in [-0.2, -0.15) is 0 Å². The Morgan fingerprint density at radius 1 is 1.07 bits per heavy atom. The van der Waals surface area contributed by atoms with E-state index in [9.17, 15) is 15.0 Å². The third kappa shape index (κ3) is 3.22. The molecular formula is C21H25N3O4. The first-order chi connectivity index (χ1) is 13.6. The van der Waals surface area contributed by atoms with Crippen molar-refractivity contribution in [3.8, 4) is 11.5 Å². The van der Waals surface area contributed by atoms with Gasteiger partial charge >= 0.3 is 0 Å². The van der Waals surface area contributed by atoms with Gasteiger partial charge in [0, 0.05) is 31.7 Å². The van der Waals surface area contributed by atoms with Gasteiger partial charge in [-0.1, -0.05) is 30.3 Å². The molecule has 7 nitrogen and oxygen atoms in total. The van der Waals surface area contributed by atoms with Crippen LogP contribution >= 0.6 is 0 Å². The summed E-state index contributed by atoms with van der Waals surface area (Å²) >= 11 is 0. The number of methoxy groups -OCH3 is 1. The molecule has 2 aromatic rings. The number of aromatic hydroxyl groups is 2. The van der Waals surface area contributed by atoms with Crippen molar-refractivity contribution in [2.75, 3.05) is 20.3 Å². The van der Waals surface area contributed by atoms with Crippen LogP contribution in [0.1, 0.15) is 29.6 Å². The largest absolute Gasteiger partial charge is 0.508 e. The van der Waals surface area contributed by atoms with Gasteiger partial charge in [0.1, 0.15) is 17.5 Å². The first kappa shape index (κ1) is 18.7. The van der Waals surface area contributed by atoms with Crippen LogP contribution in [0.5, 0.6) is 11.5 Å². The van der Waals surface area contributed by atoms with E-state index in [1.54, 1.807) is 37.4 Å². The zero-order chi connectivity index (χ0) is 19.7. The predicted molar refractivity (Wildman–Crippen MR) is 103 cm³/mol. The second-order valence-corrected chi connectivity index (χ2v) is 7.30. The molecule has 2 heterocycles. The summed E-state index contributed by atoms with van der Waals surface area (Å²) in [5.41, 5.74) is 7.96. The quantitative estimate of drug-likeness (QED) is 0.569. The molecule has 2 aromatic carbocycles. The summed E-state index contributed by atoms with van der Waals surface area (Å²) in [6.45, 7) is 1.13. The van der Waals surface area contributed by atoms with E-state index >= 15 is 0 Å². The van der Waals surface area contributed by atoms with Crippen LogP contribution in [0.15, 0.2) is 48.5 Å². The minimum Gasteiger partial charge on any atom is -0.508 e. The number of rotatable bonds is 6. The monoisotopic (exact) mass is 383 g/mol. The molecule has 4 atom stereocenters. The van der Waals surface area contributed by atoms with Crippen molar-refractivity contribution in [3.63, 3.8) is 0 Å². The molecule has 0 saturated carbocycles. The number of benzene rings is 2.